The molecule has 0 spiro atoms. The van der Waals surface area contributed by atoms with Gasteiger partial charge in [-0.05, 0) is 63.0 Å². The minimum absolute atomic E-state index is 0.0164. The van der Waals surface area contributed by atoms with Crippen LogP contribution in [-0.2, 0) is 68.4 Å². The summed E-state index contributed by atoms with van der Waals surface area (Å²) < 4.78 is 32.8. The first-order valence-electron chi connectivity index (χ1n) is 28.6. The summed E-state index contributed by atoms with van der Waals surface area (Å²) in [5, 5.41) is 27.8. The van der Waals surface area contributed by atoms with Gasteiger partial charge in [0.1, 0.15) is 24.7 Å². The first-order valence-corrected chi connectivity index (χ1v) is 28.6. The van der Waals surface area contributed by atoms with Gasteiger partial charge in [-0.1, -0.05) is 92.1 Å². The van der Waals surface area contributed by atoms with E-state index in [0.717, 1.165) is 5.56 Å². The minimum atomic E-state index is -1.15. The second kappa shape index (κ2) is 38.0. The van der Waals surface area contributed by atoms with Crippen molar-refractivity contribution in [2.75, 3.05) is 74.9 Å². The van der Waals surface area contributed by atoms with Crippen LogP contribution in [0.5, 0.6) is 0 Å². The van der Waals surface area contributed by atoms with Gasteiger partial charge in [0.25, 0.3) is 5.91 Å². The monoisotopic (exact) mass is 1160 g/mol. The molecule has 25 nitrogen and oxygen atoms in total. The predicted octanol–water partition coefficient (Wildman–Crippen LogP) is 2.16. The number of hydrogen-bond acceptors (Lipinski definition) is 17. The van der Waals surface area contributed by atoms with E-state index in [1.807, 2.05) is 84.1 Å². The number of hydrogen-bond donors (Lipinski definition) is 8. The Hall–Kier alpha value is -5.99. The number of likely N-dealkylation sites (tertiary alicyclic amines) is 1. The molecule has 0 aliphatic carbocycles. The number of alkyl carbamates (subject to hydrolysis) is 2. The van der Waals surface area contributed by atoms with Crippen molar-refractivity contribution in [2.45, 2.75) is 175 Å². The van der Waals surface area contributed by atoms with E-state index in [0.29, 0.717) is 32.2 Å². The fourth-order valence-electron chi connectivity index (χ4n) is 9.73. The van der Waals surface area contributed by atoms with Crippen LogP contribution in [0.15, 0.2) is 30.3 Å². The fourth-order valence-corrected chi connectivity index (χ4v) is 9.73. The van der Waals surface area contributed by atoms with Crippen LogP contribution in [0.3, 0.4) is 0 Å². The zero-order valence-corrected chi connectivity index (χ0v) is 50.8. The number of ether oxygens (including phenoxy) is 6. The van der Waals surface area contributed by atoms with Crippen LogP contribution in [-0.4, -0.2) is 204 Å². The smallest absolute Gasteiger partial charge is 0.413 e. The Morgan fingerprint density at radius 3 is 2.00 bits per heavy atom. The molecule has 2 rings (SSSR count). The molecule has 1 aromatic rings. The average molecular weight is 1160 g/mol. The molecule has 8 N–H and O–H groups in total. The molecule has 9 amide bonds. The Morgan fingerprint density at radius 1 is 0.756 bits per heavy atom. The van der Waals surface area contributed by atoms with Gasteiger partial charge < -0.3 is 75.2 Å². The summed E-state index contributed by atoms with van der Waals surface area (Å²) in [6.07, 6.45) is -2.45. The highest BCUT2D eigenvalue weighted by molar-refractivity contribution is 5.96. The molecule has 0 saturated carbocycles. The fraction of sp³-hybridized carbons (Fsp3) is 0.737. The Morgan fingerprint density at radius 2 is 1.43 bits per heavy atom. The maximum atomic E-state index is 14.5. The standard InChI is InChI=1S/C57H97N9O16/c1-15-36(7)49(65(11)55(74)48(35(5)6)63-54(73)47(58-10)34(3)4)43(77-12)31-45(69)66-28-20-24-42(66)50(79-14)37(8)51(70)62-41(30-39-22-18-17-19-23-39)53(72)59-26-21-29-80-57(76)64-52(71)38(9)61-44(68)25-27-60-56(75)81-33-46(78-13)82-40(16-2)32-67/h17-19,22-23,34-38,40-43,46-50,58,67H,15-16,20-21,24-33H2,1-14H3,(H,59,72)(H,60,75)(H,61,68)(H,62,70)(H,63,73)(H,64,71,76)/t36-,37+,38-,40?,41-,42-,43+,46?,47-,48-,49-,50+/m0/s1. The summed E-state index contributed by atoms with van der Waals surface area (Å²) >= 11 is 0. The van der Waals surface area contributed by atoms with Crippen LogP contribution in [0, 0.1) is 23.7 Å². The molecule has 1 saturated heterocycles. The summed E-state index contributed by atoms with van der Waals surface area (Å²) in [5.74, 6) is -4.45. The van der Waals surface area contributed by atoms with Crippen molar-refractivity contribution < 1.29 is 76.7 Å². The van der Waals surface area contributed by atoms with Gasteiger partial charge in [-0.15, -0.1) is 0 Å². The van der Waals surface area contributed by atoms with Crippen LogP contribution in [0.25, 0.3) is 0 Å². The van der Waals surface area contributed by atoms with Crippen LogP contribution in [0.1, 0.15) is 113 Å². The molecule has 1 aromatic carbocycles. The second-order valence-electron chi connectivity index (χ2n) is 21.4. The highest BCUT2D eigenvalue weighted by Gasteiger charge is 2.43. The first-order chi connectivity index (χ1) is 38.9. The Kier molecular flexibility index (Phi) is 33.4. The van der Waals surface area contributed by atoms with Gasteiger partial charge >= 0.3 is 12.2 Å². The lowest BCUT2D eigenvalue weighted by Crippen LogP contribution is -2.59. The maximum absolute atomic E-state index is 14.5. The van der Waals surface area contributed by atoms with E-state index in [-0.39, 0.29) is 94.1 Å². The van der Waals surface area contributed by atoms with Gasteiger partial charge in [0.15, 0.2) is 6.29 Å². The van der Waals surface area contributed by atoms with E-state index in [4.69, 9.17) is 28.4 Å². The number of imide groups is 1. The van der Waals surface area contributed by atoms with Crippen LogP contribution < -0.4 is 37.2 Å². The molecular weight excluding hydrogens is 1070 g/mol. The summed E-state index contributed by atoms with van der Waals surface area (Å²) in [5.41, 5.74) is 0.774. The lowest BCUT2D eigenvalue weighted by atomic mass is 9.89. The van der Waals surface area contributed by atoms with E-state index in [2.05, 4.69) is 31.9 Å². The van der Waals surface area contributed by atoms with E-state index < -0.39 is 103 Å². The zero-order valence-electron chi connectivity index (χ0n) is 50.8. The van der Waals surface area contributed by atoms with Crippen molar-refractivity contribution in [1.29, 1.82) is 0 Å². The number of nitrogens with one attached hydrogen (secondary N) is 7. The first kappa shape index (κ1) is 72.1. The molecule has 1 aliphatic heterocycles. The van der Waals surface area contributed by atoms with Crippen LogP contribution in [0.2, 0.25) is 0 Å². The van der Waals surface area contributed by atoms with Crippen molar-refractivity contribution in [3.63, 3.8) is 0 Å². The average Bonchev–Trinajstić information content (AvgIpc) is 4.15. The Balaban J connectivity index is 2.03. The number of methoxy groups -OCH3 is 3. The summed E-state index contributed by atoms with van der Waals surface area (Å²) in [6.45, 7) is 16.0. The summed E-state index contributed by atoms with van der Waals surface area (Å²) in [4.78, 5) is 123. The number of rotatable bonds is 37. The Labute approximate surface area is 484 Å². The van der Waals surface area contributed by atoms with Crippen LogP contribution >= 0.6 is 0 Å². The molecule has 12 atom stereocenters. The lowest BCUT2D eigenvalue weighted by Gasteiger charge is -2.41. The Bertz CT molecular complexity index is 2150. The largest absolute Gasteiger partial charge is 0.449 e. The normalized spacial score (nSPS) is 17.3. The van der Waals surface area contributed by atoms with Crippen molar-refractivity contribution in [3.05, 3.63) is 35.9 Å². The van der Waals surface area contributed by atoms with E-state index >= 15 is 0 Å². The third kappa shape index (κ3) is 23.7. The van der Waals surface area contributed by atoms with Crippen molar-refractivity contribution in [3.8, 4) is 0 Å². The van der Waals surface area contributed by atoms with Gasteiger partial charge in [-0.25, -0.2) is 9.59 Å². The highest BCUT2D eigenvalue weighted by Crippen LogP contribution is 2.30. The molecule has 0 bridgehead atoms. The second-order valence-corrected chi connectivity index (χ2v) is 21.4. The number of aliphatic hydroxyl groups excluding tert-OH is 1. The number of benzene rings is 1. The number of amides is 9. The molecule has 1 aliphatic rings. The van der Waals surface area contributed by atoms with Crippen molar-refractivity contribution in [2.24, 2.45) is 23.7 Å². The topological polar surface area (TPSA) is 320 Å². The maximum Gasteiger partial charge on any atom is 0.413 e. The molecule has 466 valence electrons. The number of nitrogens with zero attached hydrogens (tertiary/aromatic N) is 2. The summed E-state index contributed by atoms with van der Waals surface area (Å²) in [6, 6.07) is 4.56. The van der Waals surface area contributed by atoms with Crippen LogP contribution in [0.4, 0.5) is 9.59 Å². The van der Waals surface area contributed by atoms with Crippen molar-refractivity contribution >= 4 is 53.5 Å². The zero-order chi connectivity index (χ0) is 61.6. The SMILES string of the molecule is CCC(CO)OC(COC(=O)NCCC(=O)N[C@@H](C)C(=O)NC(=O)OCCCNC(=O)[C@H](Cc1ccccc1)NC(=O)[C@H](C)[C@@H](OC)[C@@H]1CCCN1C(=O)C[C@@H](OC)[C@H]([C@@H](C)CC)N(C)C(=O)[C@@H](NC(=O)[C@@H](NC)C(C)C)C(C)C)OC. The number of aliphatic hydroxyl groups is 1. The van der Waals surface area contributed by atoms with Gasteiger partial charge in [0.05, 0.1) is 62.0 Å². The van der Waals surface area contributed by atoms with Gasteiger partial charge in [-0.2, -0.15) is 0 Å². The predicted molar refractivity (Wildman–Crippen MR) is 304 cm³/mol. The van der Waals surface area contributed by atoms with Crippen molar-refractivity contribution in [1.82, 2.24) is 47.0 Å². The highest BCUT2D eigenvalue weighted by atomic mass is 16.7. The molecular formula is C57H97N9O16. The van der Waals surface area contributed by atoms with Gasteiger partial charge in [0, 0.05) is 60.9 Å². The third-order valence-electron chi connectivity index (χ3n) is 14.8. The van der Waals surface area contributed by atoms with E-state index in [1.54, 1.807) is 30.8 Å². The lowest BCUT2D eigenvalue weighted by molar-refractivity contribution is -0.181. The molecule has 0 radical (unpaired) electrons. The summed E-state index contributed by atoms with van der Waals surface area (Å²) in [7, 11) is 7.74. The number of carbonyl (C=O) groups excluding carboxylic acids is 9. The third-order valence-corrected chi connectivity index (χ3v) is 14.8. The minimum Gasteiger partial charge on any atom is -0.449 e. The molecule has 82 heavy (non-hydrogen) atoms. The van der Waals surface area contributed by atoms with E-state index in [1.165, 1.54) is 28.3 Å². The molecule has 2 unspecified atom stereocenters. The molecule has 25 heteroatoms. The number of carbonyl (C=O) groups is 9. The molecule has 1 heterocycles. The molecule has 0 aromatic heterocycles. The van der Waals surface area contributed by atoms with Gasteiger partial charge in [0.2, 0.25) is 35.4 Å². The molecule has 1 fully saturated rings. The van der Waals surface area contributed by atoms with Gasteiger partial charge in [-0.3, -0.25) is 38.9 Å². The van der Waals surface area contributed by atoms with E-state index in [9.17, 15) is 48.3 Å². The quantitative estimate of drug-likeness (QED) is 0.0350. The number of likely N-dealkylation sites (N-methyl/N-ethyl adjacent to an activating group) is 2.